The molecule has 2 fully saturated rings. The summed E-state index contributed by atoms with van der Waals surface area (Å²) in [5, 5.41) is 0. The van der Waals surface area contributed by atoms with E-state index in [0.29, 0.717) is 0 Å². The number of allylic oxidation sites excluding steroid dienone is 4. The first-order chi connectivity index (χ1) is 5.97. The predicted octanol–water partition coefficient (Wildman–Crippen LogP) is 3.16. The Bertz CT molecular complexity index is 202. The molecule has 0 radical (unpaired) electrons. The molecule has 0 aromatic carbocycles. The van der Waals surface area contributed by atoms with Crippen molar-refractivity contribution < 1.29 is 0 Å². The Hall–Kier alpha value is -0.520. The van der Waals surface area contributed by atoms with Crippen LogP contribution in [0.5, 0.6) is 0 Å². The molecule has 0 nitrogen and oxygen atoms in total. The molecule has 2 saturated carbocycles. The zero-order valence-electron chi connectivity index (χ0n) is 7.45. The minimum Gasteiger partial charge on any atom is -0.0808 e. The van der Waals surface area contributed by atoms with Gasteiger partial charge in [-0.2, -0.15) is 0 Å². The summed E-state index contributed by atoms with van der Waals surface area (Å²) in [6.45, 7) is 0. The van der Waals surface area contributed by atoms with Gasteiger partial charge in [-0.15, -0.1) is 0 Å². The van der Waals surface area contributed by atoms with Crippen LogP contribution >= 0.6 is 0 Å². The van der Waals surface area contributed by atoms with E-state index >= 15 is 0 Å². The molecular weight excluding hydrogens is 144 g/mol. The van der Waals surface area contributed by atoms with E-state index in [1.807, 2.05) is 0 Å². The molecule has 0 N–H and O–H groups in total. The lowest BCUT2D eigenvalue weighted by Gasteiger charge is -2.48. The molecule has 0 unspecified atom stereocenters. The zero-order chi connectivity index (χ0) is 7.97. The van der Waals surface area contributed by atoms with Crippen LogP contribution in [-0.2, 0) is 0 Å². The highest BCUT2D eigenvalue weighted by molar-refractivity contribution is 5.21. The summed E-state index contributed by atoms with van der Waals surface area (Å²) in [5.74, 6) is 3.94. The molecule has 0 aromatic rings. The van der Waals surface area contributed by atoms with Gasteiger partial charge in [0.1, 0.15) is 0 Å². The van der Waals surface area contributed by atoms with Crippen LogP contribution in [0.25, 0.3) is 0 Å². The topological polar surface area (TPSA) is 0 Å². The van der Waals surface area contributed by atoms with Gasteiger partial charge in [0.25, 0.3) is 0 Å². The lowest BCUT2D eigenvalue weighted by Crippen LogP contribution is -2.42. The standard InChI is InChI=1S/C12H16/c1-2-6-10-11-7-3-4-8-12(10)9(11)5-1/h1-2,5-6,9-12H,3-4,7-8H2. The van der Waals surface area contributed by atoms with Crippen molar-refractivity contribution in [2.75, 3.05) is 0 Å². The summed E-state index contributed by atoms with van der Waals surface area (Å²) in [7, 11) is 0. The van der Waals surface area contributed by atoms with E-state index < -0.39 is 0 Å². The Kier molecular flexibility index (Phi) is 1.44. The van der Waals surface area contributed by atoms with Crippen molar-refractivity contribution in [1.82, 2.24) is 0 Å². The summed E-state index contributed by atoms with van der Waals surface area (Å²) in [6, 6.07) is 0. The highest BCUT2D eigenvalue weighted by atomic mass is 14.5. The number of fused-ring (bicyclic) bond motifs is 1. The Balaban J connectivity index is 1.95. The van der Waals surface area contributed by atoms with Crippen molar-refractivity contribution in [2.24, 2.45) is 23.7 Å². The van der Waals surface area contributed by atoms with Gasteiger partial charge in [-0.05, 0) is 36.5 Å². The van der Waals surface area contributed by atoms with E-state index in [-0.39, 0.29) is 0 Å². The lowest BCUT2D eigenvalue weighted by atomic mass is 9.56. The number of rotatable bonds is 0. The maximum Gasteiger partial charge on any atom is -0.0162 e. The first-order valence-electron chi connectivity index (χ1n) is 5.32. The molecule has 4 aliphatic carbocycles. The van der Waals surface area contributed by atoms with Crippen LogP contribution in [0.3, 0.4) is 0 Å². The van der Waals surface area contributed by atoms with Crippen molar-refractivity contribution in [1.29, 1.82) is 0 Å². The Morgan fingerprint density at radius 2 is 1.25 bits per heavy atom. The van der Waals surface area contributed by atoms with E-state index in [1.54, 1.807) is 0 Å². The fraction of sp³-hybridized carbons (Fsp3) is 0.667. The zero-order valence-corrected chi connectivity index (χ0v) is 7.45. The molecule has 64 valence electrons. The van der Waals surface area contributed by atoms with Crippen LogP contribution in [0.15, 0.2) is 24.3 Å². The molecular formula is C12H16. The van der Waals surface area contributed by atoms with E-state index in [9.17, 15) is 0 Å². The van der Waals surface area contributed by atoms with Crippen LogP contribution in [0, 0.1) is 23.7 Å². The molecule has 12 heavy (non-hydrogen) atoms. The molecule has 0 amide bonds. The molecule has 0 atom stereocenters. The highest BCUT2D eigenvalue weighted by Crippen LogP contribution is 2.55. The predicted molar refractivity (Wildman–Crippen MR) is 50.7 cm³/mol. The van der Waals surface area contributed by atoms with Gasteiger partial charge in [0, 0.05) is 0 Å². The second kappa shape index (κ2) is 2.48. The van der Waals surface area contributed by atoms with Crippen LogP contribution in [0.1, 0.15) is 25.7 Å². The minimum absolute atomic E-state index is 0.951. The summed E-state index contributed by atoms with van der Waals surface area (Å²) >= 11 is 0. The SMILES string of the molecule is C1=CC2C3CCCCC2C3C=C1. The van der Waals surface area contributed by atoms with Crippen molar-refractivity contribution in [3.05, 3.63) is 24.3 Å². The number of hydrogen-bond donors (Lipinski definition) is 0. The second-order valence-corrected chi connectivity index (χ2v) is 4.54. The highest BCUT2D eigenvalue weighted by Gasteiger charge is 2.48. The van der Waals surface area contributed by atoms with Crippen LogP contribution in [-0.4, -0.2) is 0 Å². The van der Waals surface area contributed by atoms with Gasteiger partial charge < -0.3 is 0 Å². The third kappa shape index (κ3) is 0.784. The molecule has 0 heterocycles. The van der Waals surface area contributed by atoms with Crippen molar-refractivity contribution in [3.8, 4) is 0 Å². The Morgan fingerprint density at radius 3 is 1.75 bits per heavy atom. The molecule has 0 heteroatoms. The minimum atomic E-state index is 0.951. The molecule has 4 rings (SSSR count). The quantitative estimate of drug-likeness (QED) is 0.510. The van der Waals surface area contributed by atoms with E-state index in [2.05, 4.69) is 24.3 Å². The maximum absolute atomic E-state index is 2.46. The van der Waals surface area contributed by atoms with Gasteiger partial charge in [-0.3, -0.25) is 0 Å². The fourth-order valence-corrected chi connectivity index (χ4v) is 3.49. The van der Waals surface area contributed by atoms with Crippen LogP contribution < -0.4 is 0 Å². The average molecular weight is 160 g/mol. The van der Waals surface area contributed by atoms with E-state index in [1.165, 1.54) is 25.7 Å². The third-order valence-corrected chi connectivity index (χ3v) is 4.08. The molecule has 0 spiro atoms. The van der Waals surface area contributed by atoms with Gasteiger partial charge in [0.15, 0.2) is 0 Å². The summed E-state index contributed by atoms with van der Waals surface area (Å²) in [6.07, 6.45) is 15.4. The van der Waals surface area contributed by atoms with Crippen molar-refractivity contribution >= 4 is 0 Å². The first kappa shape index (κ1) is 6.94. The molecule has 4 bridgehead atoms. The van der Waals surface area contributed by atoms with Crippen LogP contribution in [0.4, 0.5) is 0 Å². The first-order valence-corrected chi connectivity index (χ1v) is 5.32. The number of hydrogen-bond acceptors (Lipinski definition) is 0. The van der Waals surface area contributed by atoms with Gasteiger partial charge >= 0.3 is 0 Å². The van der Waals surface area contributed by atoms with Gasteiger partial charge in [0.05, 0.1) is 0 Å². The molecule has 0 aliphatic heterocycles. The summed E-state index contributed by atoms with van der Waals surface area (Å²) in [5.41, 5.74) is 0. The average Bonchev–Trinajstić information content (AvgIpc) is 2.54. The third-order valence-electron chi connectivity index (χ3n) is 4.08. The van der Waals surface area contributed by atoms with Crippen molar-refractivity contribution in [3.63, 3.8) is 0 Å². The Morgan fingerprint density at radius 1 is 0.750 bits per heavy atom. The monoisotopic (exact) mass is 160 g/mol. The molecule has 0 aromatic heterocycles. The lowest BCUT2D eigenvalue weighted by molar-refractivity contribution is 0.0523. The van der Waals surface area contributed by atoms with Crippen LogP contribution in [0.2, 0.25) is 0 Å². The van der Waals surface area contributed by atoms with Gasteiger partial charge in [-0.1, -0.05) is 37.1 Å². The Labute approximate surface area is 74.4 Å². The maximum atomic E-state index is 2.46. The van der Waals surface area contributed by atoms with E-state index in [0.717, 1.165) is 23.7 Å². The normalized spacial score (nSPS) is 49.3. The fourth-order valence-electron chi connectivity index (χ4n) is 3.49. The largest absolute Gasteiger partial charge is 0.0808 e. The van der Waals surface area contributed by atoms with Gasteiger partial charge in [-0.25, -0.2) is 0 Å². The second-order valence-electron chi connectivity index (χ2n) is 4.54. The van der Waals surface area contributed by atoms with Gasteiger partial charge in [0.2, 0.25) is 0 Å². The smallest absolute Gasteiger partial charge is 0.0162 e. The summed E-state index contributed by atoms with van der Waals surface area (Å²) < 4.78 is 0. The van der Waals surface area contributed by atoms with E-state index in [4.69, 9.17) is 0 Å². The molecule has 4 aliphatic rings. The summed E-state index contributed by atoms with van der Waals surface area (Å²) in [4.78, 5) is 0. The molecule has 0 saturated heterocycles. The van der Waals surface area contributed by atoms with Crippen molar-refractivity contribution in [2.45, 2.75) is 25.7 Å².